The molecule has 0 aliphatic heterocycles. The number of rotatable bonds is 4. The molecule has 0 radical (unpaired) electrons. The number of nitrogens with zero attached hydrogens (tertiary/aromatic N) is 4. The highest BCUT2D eigenvalue weighted by atomic mass is 16.4. The molecule has 0 unspecified atom stereocenters. The third kappa shape index (κ3) is 3.25. The Morgan fingerprint density at radius 1 is 0.931 bits per heavy atom. The van der Waals surface area contributed by atoms with E-state index in [4.69, 9.17) is 26.3 Å². The average molecular weight is 390 g/mol. The maximum atomic E-state index is 8.90. The van der Waals surface area contributed by atoms with Gasteiger partial charge in [0.1, 0.15) is 17.1 Å². The number of furan rings is 1. The lowest BCUT2D eigenvalue weighted by atomic mass is 10.1. The van der Waals surface area contributed by atoms with Crippen LogP contribution in [0.5, 0.6) is 0 Å². The summed E-state index contributed by atoms with van der Waals surface area (Å²) in [5.41, 5.74) is 15.6. The van der Waals surface area contributed by atoms with Gasteiger partial charge in [-0.2, -0.15) is 0 Å². The van der Waals surface area contributed by atoms with E-state index in [-0.39, 0.29) is 11.7 Å². The minimum atomic E-state index is 0.0286. The molecule has 9 nitrogen and oxygen atoms in total. The van der Waals surface area contributed by atoms with Crippen LogP contribution in [0.15, 0.2) is 69.6 Å². The van der Waals surface area contributed by atoms with E-state index in [1.807, 2.05) is 41.8 Å². The Morgan fingerprint density at radius 3 is 2.28 bits per heavy atom. The second-order valence-corrected chi connectivity index (χ2v) is 6.48. The Kier molecular flexibility index (Phi) is 4.40. The van der Waals surface area contributed by atoms with Gasteiger partial charge < -0.3 is 30.7 Å². The van der Waals surface area contributed by atoms with Crippen molar-refractivity contribution >= 4 is 17.3 Å². The molecule has 29 heavy (non-hydrogen) atoms. The van der Waals surface area contributed by atoms with E-state index in [0.717, 1.165) is 16.8 Å². The van der Waals surface area contributed by atoms with Gasteiger partial charge in [-0.3, -0.25) is 0 Å². The van der Waals surface area contributed by atoms with Gasteiger partial charge >= 0.3 is 0 Å². The number of aromatic nitrogens is 2. The van der Waals surface area contributed by atoms with Crippen molar-refractivity contribution in [2.24, 2.45) is 21.8 Å². The van der Waals surface area contributed by atoms with Crippen LogP contribution in [-0.4, -0.2) is 31.5 Å². The Morgan fingerprint density at radius 2 is 1.59 bits per heavy atom. The van der Waals surface area contributed by atoms with Crippen molar-refractivity contribution in [3.8, 4) is 22.8 Å². The first-order valence-electron chi connectivity index (χ1n) is 8.66. The highest BCUT2D eigenvalue weighted by Crippen LogP contribution is 2.29. The van der Waals surface area contributed by atoms with Crippen molar-refractivity contribution in [1.29, 1.82) is 0 Å². The predicted molar refractivity (Wildman–Crippen MR) is 108 cm³/mol. The van der Waals surface area contributed by atoms with E-state index < -0.39 is 0 Å². The van der Waals surface area contributed by atoms with E-state index in [9.17, 15) is 0 Å². The van der Waals surface area contributed by atoms with Gasteiger partial charge in [-0.1, -0.05) is 34.6 Å². The number of pyridine rings is 1. The number of fused-ring (bicyclic) bond motifs is 1. The van der Waals surface area contributed by atoms with Gasteiger partial charge in [0.15, 0.2) is 17.4 Å². The number of imidazole rings is 1. The summed E-state index contributed by atoms with van der Waals surface area (Å²) in [5.74, 6) is 1.34. The molecule has 0 saturated heterocycles. The predicted octanol–water partition coefficient (Wildman–Crippen LogP) is 2.76. The lowest BCUT2D eigenvalue weighted by Crippen LogP contribution is -2.14. The third-order valence-electron chi connectivity index (χ3n) is 4.57. The first-order valence-corrected chi connectivity index (χ1v) is 8.66. The van der Waals surface area contributed by atoms with E-state index in [1.54, 1.807) is 24.4 Å². The Bertz CT molecular complexity index is 1250. The minimum absolute atomic E-state index is 0.0286. The van der Waals surface area contributed by atoms with Gasteiger partial charge in [0, 0.05) is 29.1 Å². The molecule has 0 aliphatic carbocycles. The molecule has 6 N–H and O–H groups in total. The van der Waals surface area contributed by atoms with Gasteiger partial charge in [-0.15, -0.1) is 0 Å². The molecule has 0 amide bonds. The molecule has 0 fully saturated rings. The smallest absolute Gasteiger partial charge is 0.171 e. The van der Waals surface area contributed by atoms with Crippen molar-refractivity contribution in [3.63, 3.8) is 0 Å². The molecule has 0 saturated carbocycles. The Labute approximate surface area is 165 Å². The summed E-state index contributed by atoms with van der Waals surface area (Å²) in [6.45, 7) is 1.90. The number of hydrogen-bond donors (Lipinski definition) is 4. The maximum Gasteiger partial charge on any atom is 0.171 e. The van der Waals surface area contributed by atoms with E-state index in [0.29, 0.717) is 28.3 Å². The summed E-state index contributed by atoms with van der Waals surface area (Å²) in [4.78, 5) is 4.63. The van der Waals surface area contributed by atoms with Crippen LogP contribution in [-0.2, 0) is 0 Å². The normalized spacial score (nSPS) is 12.6. The summed E-state index contributed by atoms with van der Waals surface area (Å²) < 4.78 is 7.79. The van der Waals surface area contributed by atoms with Crippen LogP contribution in [0.3, 0.4) is 0 Å². The first kappa shape index (κ1) is 18.1. The summed E-state index contributed by atoms with van der Waals surface area (Å²) >= 11 is 0. The zero-order valence-corrected chi connectivity index (χ0v) is 15.4. The zero-order valence-electron chi connectivity index (χ0n) is 15.4. The number of benzene rings is 1. The fraction of sp³-hybridized carbons (Fsp3) is 0.0500. The van der Waals surface area contributed by atoms with Crippen LogP contribution in [0.25, 0.3) is 28.4 Å². The zero-order chi connectivity index (χ0) is 20.5. The summed E-state index contributed by atoms with van der Waals surface area (Å²) in [6.07, 6.45) is 3.56. The van der Waals surface area contributed by atoms with Crippen molar-refractivity contribution in [3.05, 3.63) is 71.5 Å². The van der Waals surface area contributed by atoms with E-state index >= 15 is 0 Å². The molecule has 0 atom stereocenters. The van der Waals surface area contributed by atoms with E-state index in [2.05, 4.69) is 15.3 Å². The van der Waals surface area contributed by atoms with Gasteiger partial charge in [0.25, 0.3) is 0 Å². The molecule has 3 aromatic heterocycles. The molecular weight excluding hydrogens is 372 g/mol. The maximum absolute atomic E-state index is 8.90. The van der Waals surface area contributed by atoms with Gasteiger partial charge in [-0.05, 0) is 30.7 Å². The molecule has 146 valence electrons. The second-order valence-electron chi connectivity index (χ2n) is 6.48. The number of aryl methyl sites for hydroxylation is 1. The fourth-order valence-corrected chi connectivity index (χ4v) is 3.08. The highest BCUT2D eigenvalue weighted by molar-refractivity contribution is 5.97. The van der Waals surface area contributed by atoms with Crippen molar-refractivity contribution in [2.75, 3.05) is 0 Å². The van der Waals surface area contributed by atoms with Crippen molar-refractivity contribution in [1.82, 2.24) is 9.38 Å². The fourth-order valence-electron chi connectivity index (χ4n) is 3.08. The standard InChI is InChI=1S/C20H18N6O3/c1-11-8-14(19(22)25-28)9-26-10-15(23-20(11)26)17-7-6-16(29-17)12-2-4-13(5-3-12)18(21)24-27/h2-10,27-28H,1H3,(H2,21,24)(H2,22,25). The van der Waals surface area contributed by atoms with Crippen LogP contribution in [0, 0.1) is 6.92 Å². The molecule has 0 bridgehead atoms. The van der Waals surface area contributed by atoms with Crippen LogP contribution in [0.4, 0.5) is 0 Å². The van der Waals surface area contributed by atoms with Gasteiger partial charge in [0.2, 0.25) is 0 Å². The van der Waals surface area contributed by atoms with Crippen LogP contribution in [0.2, 0.25) is 0 Å². The minimum Gasteiger partial charge on any atom is -0.454 e. The molecule has 4 rings (SSSR count). The molecule has 0 aliphatic rings. The highest BCUT2D eigenvalue weighted by Gasteiger charge is 2.13. The van der Waals surface area contributed by atoms with E-state index in [1.165, 1.54) is 0 Å². The van der Waals surface area contributed by atoms with Crippen LogP contribution >= 0.6 is 0 Å². The SMILES string of the molecule is Cc1cc(C(N)=NO)cn2cc(-c3ccc(-c4ccc(C(N)=NO)cc4)o3)nc12. The third-order valence-corrected chi connectivity index (χ3v) is 4.57. The van der Waals surface area contributed by atoms with Crippen molar-refractivity contribution < 1.29 is 14.8 Å². The van der Waals surface area contributed by atoms with Crippen molar-refractivity contribution in [2.45, 2.75) is 6.92 Å². The lowest BCUT2D eigenvalue weighted by molar-refractivity contribution is 0.318. The quantitative estimate of drug-likeness (QED) is 0.182. The molecule has 4 aromatic rings. The Balaban J connectivity index is 1.69. The molecule has 3 heterocycles. The summed E-state index contributed by atoms with van der Waals surface area (Å²) in [6, 6.07) is 12.6. The summed E-state index contributed by atoms with van der Waals surface area (Å²) in [5, 5.41) is 23.7. The topological polar surface area (TPSA) is 148 Å². The van der Waals surface area contributed by atoms with Crippen LogP contribution in [0.1, 0.15) is 16.7 Å². The number of hydrogen-bond acceptors (Lipinski definition) is 6. The van der Waals surface area contributed by atoms with Crippen LogP contribution < -0.4 is 11.5 Å². The summed E-state index contributed by atoms with van der Waals surface area (Å²) in [7, 11) is 0. The largest absolute Gasteiger partial charge is 0.454 e. The number of oxime groups is 2. The average Bonchev–Trinajstić information content (AvgIpc) is 3.40. The molecular formula is C20H18N6O3. The second kappa shape index (κ2) is 7.04. The lowest BCUT2D eigenvalue weighted by Gasteiger charge is -2.02. The molecule has 0 spiro atoms. The number of amidine groups is 2. The first-order chi connectivity index (χ1) is 14.0. The Hall–Kier alpha value is -4.27. The molecule has 9 heteroatoms. The van der Waals surface area contributed by atoms with Gasteiger partial charge in [0.05, 0.1) is 0 Å². The molecule has 1 aromatic carbocycles. The number of nitrogens with two attached hydrogens (primary N) is 2. The monoisotopic (exact) mass is 390 g/mol. The van der Waals surface area contributed by atoms with Gasteiger partial charge in [-0.25, -0.2) is 4.98 Å².